The van der Waals surface area contributed by atoms with Crippen molar-refractivity contribution in [3.8, 4) is 5.75 Å². The first kappa shape index (κ1) is 22.0. The maximum Gasteiger partial charge on any atom is 0.406 e. The third-order valence-corrected chi connectivity index (χ3v) is 6.72. The zero-order valence-electron chi connectivity index (χ0n) is 17.5. The topological polar surface area (TPSA) is 59.4 Å². The minimum atomic E-state index is -4.27. The van der Waals surface area contributed by atoms with E-state index in [2.05, 4.69) is 10.4 Å². The summed E-state index contributed by atoms with van der Waals surface area (Å²) in [4.78, 5) is 14.9. The lowest BCUT2D eigenvalue weighted by Gasteiger charge is -2.33. The van der Waals surface area contributed by atoms with Gasteiger partial charge in [0.2, 0.25) is 0 Å². The first-order valence-corrected chi connectivity index (χ1v) is 10.5. The molecular formula is C21H24ClF3N4O2. The number of halogens is 4. The van der Waals surface area contributed by atoms with Crippen molar-refractivity contribution in [2.75, 3.05) is 13.7 Å². The largest absolute Gasteiger partial charge is 0.495 e. The number of nitrogens with one attached hydrogen (secondary N) is 1. The van der Waals surface area contributed by atoms with Crippen molar-refractivity contribution in [2.45, 2.75) is 50.5 Å². The Hall–Kier alpha value is -2.26. The number of aryl methyl sites for hydroxylation is 1. The van der Waals surface area contributed by atoms with Gasteiger partial charge in [0.05, 0.1) is 35.1 Å². The number of fused-ring (bicyclic) bond motifs is 1. The second-order valence-electron chi connectivity index (χ2n) is 8.11. The minimum absolute atomic E-state index is 0.0840. The highest BCUT2D eigenvalue weighted by Gasteiger charge is 2.63. The summed E-state index contributed by atoms with van der Waals surface area (Å²) in [5.41, 5.74) is 0.894. The summed E-state index contributed by atoms with van der Waals surface area (Å²) in [6, 6.07) is 4.70. The van der Waals surface area contributed by atoms with Gasteiger partial charge in [-0.15, -0.1) is 0 Å². The average Bonchev–Trinajstić information content (AvgIpc) is 3.45. The number of carbonyl (C=O) groups is 1. The molecule has 1 aromatic carbocycles. The van der Waals surface area contributed by atoms with Gasteiger partial charge in [-0.2, -0.15) is 18.3 Å². The van der Waals surface area contributed by atoms with E-state index in [1.807, 2.05) is 6.92 Å². The molecule has 0 saturated heterocycles. The Kier molecular flexibility index (Phi) is 5.46. The van der Waals surface area contributed by atoms with Gasteiger partial charge in [0.25, 0.3) is 5.91 Å². The molecule has 2 heterocycles. The van der Waals surface area contributed by atoms with Crippen LogP contribution >= 0.6 is 11.6 Å². The Bertz CT molecular complexity index is 1020. The van der Waals surface area contributed by atoms with E-state index >= 15 is 0 Å². The van der Waals surface area contributed by atoms with E-state index in [-0.39, 0.29) is 36.4 Å². The maximum atomic E-state index is 13.3. The zero-order chi connectivity index (χ0) is 22.6. The second kappa shape index (κ2) is 7.70. The molecule has 1 N–H and O–H groups in total. The number of alkyl halides is 3. The van der Waals surface area contributed by atoms with Crippen LogP contribution in [0.4, 0.5) is 13.2 Å². The number of aromatic nitrogens is 2. The summed E-state index contributed by atoms with van der Waals surface area (Å²) in [6.45, 7) is 2.37. The summed E-state index contributed by atoms with van der Waals surface area (Å²) in [7, 11) is 3.21. The standard InChI is InChI=1S/C21H24ClF3N4O2/c1-12-18-13(15(28(2)27-18)11-26-20(8-9-20)21(23,24)25)7-10-29(12)19(30)14-5-4-6-16(31-3)17(14)22/h4-6,12,26H,7-11H2,1-3H3/t12-/m0/s1. The number of ether oxygens (including phenoxy) is 1. The fraction of sp³-hybridized carbons (Fsp3) is 0.524. The van der Waals surface area contributed by atoms with Gasteiger partial charge in [-0.3, -0.25) is 14.8 Å². The summed E-state index contributed by atoms with van der Waals surface area (Å²) in [5.74, 6) is 0.184. The van der Waals surface area contributed by atoms with Gasteiger partial charge in [-0.1, -0.05) is 17.7 Å². The summed E-state index contributed by atoms with van der Waals surface area (Å²) in [6.07, 6.45) is -3.57. The third kappa shape index (κ3) is 3.67. The number of hydrogen-bond acceptors (Lipinski definition) is 4. The first-order valence-electron chi connectivity index (χ1n) is 10.1. The van der Waals surface area contributed by atoms with E-state index in [1.54, 1.807) is 34.8 Å². The molecule has 10 heteroatoms. The Morgan fingerprint density at radius 3 is 2.71 bits per heavy atom. The van der Waals surface area contributed by atoms with Gasteiger partial charge in [0.15, 0.2) is 0 Å². The highest BCUT2D eigenvalue weighted by atomic mass is 35.5. The van der Waals surface area contributed by atoms with Crippen molar-refractivity contribution < 1.29 is 22.7 Å². The van der Waals surface area contributed by atoms with Gasteiger partial charge in [0, 0.05) is 25.7 Å². The SMILES string of the molecule is COc1cccc(C(=O)N2CCc3c(nn(C)c3CNC3(C(F)(F)F)CC3)[C@@H]2C)c1Cl. The van der Waals surface area contributed by atoms with E-state index < -0.39 is 11.7 Å². The van der Waals surface area contributed by atoms with E-state index in [0.29, 0.717) is 30.0 Å². The van der Waals surface area contributed by atoms with Gasteiger partial charge >= 0.3 is 6.18 Å². The Morgan fingerprint density at radius 1 is 1.39 bits per heavy atom. The molecular weight excluding hydrogens is 433 g/mol. The predicted molar refractivity (Wildman–Crippen MR) is 109 cm³/mol. The van der Waals surface area contributed by atoms with Crippen molar-refractivity contribution in [2.24, 2.45) is 7.05 Å². The summed E-state index contributed by atoms with van der Waals surface area (Å²) < 4.78 is 46.6. The Balaban J connectivity index is 1.56. The van der Waals surface area contributed by atoms with Crippen molar-refractivity contribution in [1.82, 2.24) is 20.0 Å². The van der Waals surface area contributed by atoms with Gasteiger partial charge < -0.3 is 9.64 Å². The fourth-order valence-electron chi connectivity index (χ4n) is 4.23. The molecule has 2 aliphatic rings. The molecule has 6 nitrogen and oxygen atoms in total. The Morgan fingerprint density at radius 2 is 2.10 bits per heavy atom. The summed E-state index contributed by atoms with van der Waals surface area (Å²) in [5, 5.41) is 7.49. The molecule has 1 aliphatic heterocycles. The molecule has 0 bridgehead atoms. The van der Waals surface area contributed by atoms with Gasteiger partial charge in [-0.05, 0) is 38.3 Å². The average molecular weight is 457 g/mol. The molecule has 1 amide bonds. The number of carbonyl (C=O) groups excluding carboxylic acids is 1. The molecule has 0 unspecified atom stereocenters. The van der Waals surface area contributed by atoms with Crippen LogP contribution in [0, 0.1) is 0 Å². The molecule has 2 aromatic rings. The Labute approximate surface area is 183 Å². The van der Waals surface area contributed by atoms with Crippen LogP contribution in [0.1, 0.15) is 53.1 Å². The van der Waals surface area contributed by atoms with Crippen LogP contribution in [-0.4, -0.2) is 46.0 Å². The molecule has 1 aromatic heterocycles. The molecule has 31 heavy (non-hydrogen) atoms. The van der Waals surface area contributed by atoms with Crippen molar-refractivity contribution >= 4 is 17.5 Å². The highest BCUT2D eigenvalue weighted by Crippen LogP contribution is 2.49. The molecule has 0 radical (unpaired) electrons. The lowest BCUT2D eigenvalue weighted by molar-refractivity contribution is -0.166. The highest BCUT2D eigenvalue weighted by molar-refractivity contribution is 6.35. The first-order chi connectivity index (χ1) is 14.6. The van der Waals surface area contributed by atoms with Crippen LogP contribution in [0.3, 0.4) is 0 Å². The number of rotatable bonds is 5. The van der Waals surface area contributed by atoms with Crippen LogP contribution < -0.4 is 10.1 Å². The fourth-order valence-corrected chi connectivity index (χ4v) is 4.52. The van der Waals surface area contributed by atoms with Gasteiger partial charge in [-0.25, -0.2) is 0 Å². The van der Waals surface area contributed by atoms with E-state index in [1.165, 1.54) is 7.11 Å². The molecule has 1 atom stereocenters. The number of hydrogen-bond donors (Lipinski definition) is 1. The monoisotopic (exact) mass is 456 g/mol. The van der Waals surface area contributed by atoms with Crippen molar-refractivity contribution in [3.05, 3.63) is 45.7 Å². The molecule has 1 aliphatic carbocycles. The molecule has 1 saturated carbocycles. The second-order valence-corrected chi connectivity index (χ2v) is 8.49. The van der Waals surface area contributed by atoms with Crippen LogP contribution in [-0.2, 0) is 20.0 Å². The molecule has 0 spiro atoms. The van der Waals surface area contributed by atoms with Crippen LogP contribution in [0.15, 0.2) is 18.2 Å². The molecule has 168 valence electrons. The van der Waals surface area contributed by atoms with Crippen LogP contribution in [0.25, 0.3) is 0 Å². The smallest absolute Gasteiger partial charge is 0.406 e. The predicted octanol–water partition coefficient (Wildman–Crippen LogP) is 4.03. The quantitative estimate of drug-likeness (QED) is 0.738. The molecule has 1 fully saturated rings. The minimum Gasteiger partial charge on any atom is -0.495 e. The third-order valence-electron chi connectivity index (χ3n) is 6.33. The molecule has 4 rings (SSSR count). The van der Waals surface area contributed by atoms with Gasteiger partial charge in [0.1, 0.15) is 11.3 Å². The number of nitrogens with zero attached hydrogens (tertiary/aromatic N) is 3. The lowest BCUT2D eigenvalue weighted by Crippen LogP contribution is -2.45. The number of methoxy groups -OCH3 is 1. The normalized spacial score (nSPS) is 19.8. The summed E-state index contributed by atoms with van der Waals surface area (Å²) >= 11 is 6.33. The number of benzene rings is 1. The maximum absolute atomic E-state index is 13.3. The van der Waals surface area contributed by atoms with Crippen molar-refractivity contribution in [3.63, 3.8) is 0 Å². The van der Waals surface area contributed by atoms with E-state index in [0.717, 1.165) is 11.3 Å². The number of amides is 1. The van der Waals surface area contributed by atoms with Crippen molar-refractivity contribution in [1.29, 1.82) is 0 Å². The van der Waals surface area contributed by atoms with E-state index in [9.17, 15) is 18.0 Å². The van der Waals surface area contributed by atoms with Crippen LogP contribution in [0.2, 0.25) is 5.02 Å². The lowest BCUT2D eigenvalue weighted by atomic mass is 9.97. The van der Waals surface area contributed by atoms with Crippen LogP contribution in [0.5, 0.6) is 5.75 Å². The van der Waals surface area contributed by atoms with E-state index in [4.69, 9.17) is 16.3 Å². The zero-order valence-corrected chi connectivity index (χ0v) is 18.3.